The third-order valence-corrected chi connectivity index (χ3v) is 3.93. The summed E-state index contributed by atoms with van der Waals surface area (Å²) in [5.74, 6) is 0.960. The fourth-order valence-corrected chi connectivity index (χ4v) is 2.48. The maximum absolute atomic E-state index is 11.9. The van der Waals surface area contributed by atoms with E-state index in [0.717, 1.165) is 29.0 Å². The van der Waals surface area contributed by atoms with Crippen molar-refractivity contribution in [1.82, 2.24) is 10.9 Å². The van der Waals surface area contributed by atoms with E-state index < -0.39 is 0 Å². The zero-order chi connectivity index (χ0) is 18.9. The Kier molecular flexibility index (Phi) is 7.23. The molecular formula is C19H23N3O3S. The van der Waals surface area contributed by atoms with Gasteiger partial charge in [-0.1, -0.05) is 25.1 Å². The van der Waals surface area contributed by atoms with Crippen LogP contribution in [0.3, 0.4) is 0 Å². The van der Waals surface area contributed by atoms with Crippen molar-refractivity contribution in [2.24, 2.45) is 0 Å². The minimum Gasteiger partial charge on any atom is -0.497 e. The molecule has 0 aliphatic carbocycles. The summed E-state index contributed by atoms with van der Waals surface area (Å²) >= 11 is 5.24. The van der Waals surface area contributed by atoms with E-state index in [4.69, 9.17) is 21.7 Å². The van der Waals surface area contributed by atoms with Gasteiger partial charge in [0.15, 0.2) is 11.7 Å². The SMILES string of the molecule is CCc1cccc(C)c1NC(=S)NNC(=O)COc1ccc(OC)cc1. The standard InChI is InChI=1S/C19H23N3O3S/c1-4-14-7-5-6-13(2)18(14)20-19(26)22-21-17(23)12-25-16-10-8-15(24-3)9-11-16/h5-11H,4,12H2,1-3H3,(H,21,23)(H2,20,22,26). The molecule has 0 unspecified atom stereocenters. The molecule has 0 aliphatic heterocycles. The Hall–Kier alpha value is -2.80. The summed E-state index contributed by atoms with van der Waals surface area (Å²) in [6.45, 7) is 3.95. The summed E-state index contributed by atoms with van der Waals surface area (Å²) in [4.78, 5) is 11.9. The highest BCUT2D eigenvalue weighted by Crippen LogP contribution is 2.20. The van der Waals surface area contributed by atoms with E-state index in [-0.39, 0.29) is 12.5 Å². The number of thiocarbonyl (C=S) groups is 1. The van der Waals surface area contributed by atoms with Crippen LogP contribution in [0.2, 0.25) is 0 Å². The Morgan fingerprint density at radius 1 is 1.08 bits per heavy atom. The predicted octanol–water partition coefficient (Wildman–Crippen LogP) is 2.96. The maximum atomic E-state index is 11.9. The molecule has 6 nitrogen and oxygen atoms in total. The number of rotatable bonds is 6. The summed E-state index contributed by atoms with van der Waals surface area (Å²) in [5, 5.41) is 3.43. The van der Waals surface area contributed by atoms with E-state index in [1.54, 1.807) is 31.4 Å². The van der Waals surface area contributed by atoms with Crippen LogP contribution in [0.5, 0.6) is 11.5 Å². The van der Waals surface area contributed by atoms with Crippen molar-refractivity contribution in [3.8, 4) is 11.5 Å². The summed E-state index contributed by atoms with van der Waals surface area (Å²) in [7, 11) is 1.59. The van der Waals surface area contributed by atoms with Gasteiger partial charge in [0.1, 0.15) is 11.5 Å². The van der Waals surface area contributed by atoms with Gasteiger partial charge in [-0.15, -0.1) is 0 Å². The zero-order valence-electron chi connectivity index (χ0n) is 15.1. The first-order chi connectivity index (χ1) is 12.5. The summed E-state index contributed by atoms with van der Waals surface area (Å²) in [6.07, 6.45) is 0.884. The molecule has 3 N–H and O–H groups in total. The first kappa shape index (κ1) is 19.5. The number of hydrogen-bond acceptors (Lipinski definition) is 4. The minimum atomic E-state index is -0.342. The third kappa shape index (κ3) is 5.63. The molecule has 0 saturated heterocycles. The molecule has 0 bridgehead atoms. The lowest BCUT2D eigenvalue weighted by molar-refractivity contribution is -0.123. The number of carbonyl (C=O) groups is 1. The average Bonchev–Trinajstić information content (AvgIpc) is 2.66. The second kappa shape index (κ2) is 9.62. The number of carbonyl (C=O) groups excluding carboxylic acids is 1. The molecule has 2 rings (SSSR count). The number of hydrogen-bond donors (Lipinski definition) is 3. The quantitative estimate of drug-likeness (QED) is 0.534. The lowest BCUT2D eigenvalue weighted by atomic mass is 10.1. The highest BCUT2D eigenvalue weighted by molar-refractivity contribution is 7.80. The van der Waals surface area contributed by atoms with Gasteiger partial charge >= 0.3 is 0 Å². The fraction of sp³-hybridized carbons (Fsp3) is 0.263. The molecule has 138 valence electrons. The van der Waals surface area contributed by atoms with E-state index in [2.05, 4.69) is 23.1 Å². The van der Waals surface area contributed by atoms with E-state index in [1.807, 2.05) is 25.1 Å². The Morgan fingerprint density at radius 2 is 1.77 bits per heavy atom. The lowest BCUT2D eigenvalue weighted by Crippen LogP contribution is -2.45. The topological polar surface area (TPSA) is 71.6 Å². The van der Waals surface area contributed by atoms with Crippen LogP contribution in [-0.4, -0.2) is 24.7 Å². The molecule has 26 heavy (non-hydrogen) atoms. The number of benzene rings is 2. The molecule has 0 fully saturated rings. The Bertz CT molecular complexity index is 763. The number of anilines is 1. The van der Waals surface area contributed by atoms with Gasteiger partial charge in [0, 0.05) is 5.69 Å². The maximum Gasteiger partial charge on any atom is 0.276 e. The monoisotopic (exact) mass is 373 g/mol. The Morgan fingerprint density at radius 3 is 2.42 bits per heavy atom. The van der Waals surface area contributed by atoms with Crippen molar-refractivity contribution < 1.29 is 14.3 Å². The van der Waals surface area contributed by atoms with Gasteiger partial charge in [0.05, 0.1) is 7.11 Å². The van der Waals surface area contributed by atoms with Crippen molar-refractivity contribution in [2.75, 3.05) is 19.0 Å². The van der Waals surface area contributed by atoms with Crippen LogP contribution in [0, 0.1) is 6.92 Å². The van der Waals surface area contributed by atoms with Crippen LogP contribution in [0.1, 0.15) is 18.1 Å². The Balaban J connectivity index is 1.79. The summed E-state index contributed by atoms with van der Waals surface area (Å²) < 4.78 is 10.5. The number of hydrazine groups is 1. The number of aryl methyl sites for hydroxylation is 2. The lowest BCUT2D eigenvalue weighted by Gasteiger charge is -2.16. The van der Waals surface area contributed by atoms with Crippen molar-refractivity contribution in [2.45, 2.75) is 20.3 Å². The first-order valence-corrected chi connectivity index (χ1v) is 8.65. The Labute approximate surface area is 158 Å². The largest absolute Gasteiger partial charge is 0.497 e. The highest BCUT2D eigenvalue weighted by Gasteiger charge is 2.07. The van der Waals surface area contributed by atoms with Crippen LogP contribution >= 0.6 is 12.2 Å². The van der Waals surface area contributed by atoms with Crippen LogP contribution in [-0.2, 0) is 11.2 Å². The second-order valence-electron chi connectivity index (χ2n) is 5.55. The van der Waals surface area contributed by atoms with Gasteiger partial charge in [0.25, 0.3) is 5.91 Å². The van der Waals surface area contributed by atoms with E-state index in [0.29, 0.717) is 10.9 Å². The normalized spacial score (nSPS) is 9.96. The van der Waals surface area contributed by atoms with Gasteiger partial charge in [-0.2, -0.15) is 0 Å². The molecule has 0 saturated carbocycles. The van der Waals surface area contributed by atoms with Gasteiger partial charge in [-0.05, 0) is 61.0 Å². The second-order valence-corrected chi connectivity index (χ2v) is 5.96. The fourth-order valence-electron chi connectivity index (χ4n) is 2.33. The molecule has 2 aromatic carbocycles. The molecule has 0 heterocycles. The number of methoxy groups -OCH3 is 1. The molecule has 0 spiro atoms. The van der Waals surface area contributed by atoms with E-state index >= 15 is 0 Å². The first-order valence-electron chi connectivity index (χ1n) is 8.24. The summed E-state index contributed by atoms with van der Waals surface area (Å²) in [6, 6.07) is 13.0. The van der Waals surface area contributed by atoms with Crippen molar-refractivity contribution >= 4 is 28.9 Å². The van der Waals surface area contributed by atoms with E-state index in [1.165, 1.54) is 0 Å². The molecular weight excluding hydrogens is 350 g/mol. The number of nitrogens with one attached hydrogen (secondary N) is 3. The molecule has 0 aromatic heterocycles. The van der Waals surface area contributed by atoms with Crippen molar-refractivity contribution in [1.29, 1.82) is 0 Å². The molecule has 0 radical (unpaired) electrons. The van der Waals surface area contributed by atoms with E-state index in [9.17, 15) is 4.79 Å². The highest BCUT2D eigenvalue weighted by atomic mass is 32.1. The van der Waals surface area contributed by atoms with Crippen LogP contribution in [0.25, 0.3) is 0 Å². The van der Waals surface area contributed by atoms with Crippen LogP contribution in [0.4, 0.5) is 5.69 Å². The van der Waals surface area contributed by atoms with Crippen molar-refractivity contribution in [3.05, 3.63) is 53.6 Å². The van der Waals surface area contributed by atoms with Gasteiger partial charge in [-0.25, -0.2) is 0 Å². The zero-order valence-corrected chi connectivity index (χ0v) is 15.9. The van der Waals surface area contributed by atoms with Crippen molar-refractivity contribution in [3.63, 3.8) is 0 Å². The van der Waals surface area contributed by atoms with Crippen LogP contribution < -0.4 is 25.6 Å². The van der Waals surface area contributed by atoms with Gasteiger partial charge in [0.2, 0.25) is 0 Å². The number of para-hydroxylation sites is 1. The van der Waals surface area contributed by atoms with Crippen LogP contribution in [0.15, 0.2) is 42.5 Å². The van der Waals surface area contributed by atoms with Gasteiger partial charge in [-0.3, -0.25) is 15.6 Å². The predicted molar refractivity (Wildman–Crippen MR) is 107 cm³/mol. The molecule has 1 amide bonds. The molecule has 0 aliphatic rings. The molecule has 7 heteroatoms. The summed E-state index contributed by atoms with van der Waals surface area (Å²) in [5.41, 5.74) is 8.39. The number of amides is 1. The van der Waals surface area contributed by atoms with Gasteiger partial charge < -0.3 is 14.8 Å². The average molecular weight is 373 g/mol. The molecule has 0 atom stereocenters. The smallest absolute Gasteiger partial charge is 0.276 e. The third-order valence-electron chi connectivity index (χ3n) is 3.72. The minimum absolute atomic E-state index is 0.132. The number of ether oxygens (including phenoxy) is 2. The molecule has 2 aromatic rings.